The van der Waals surface area contributed by atoms with Crippen molar-refractivity contribution in [3.63, 3.8) is 0 Å². The predicted molar refractivity (Wildman–Crippen MR) is 144 cm³/mol. The number of pyridine rings is 1. The zero-order chi connectivity index (χ0) is 25.9. The van der Waals surface area contributed by atoms with E-state index in [-0.39, 0.29) is 30.2 Å². The number of fused-ring (bicyclic) bond motifs is 1. The third-order valence-electron chi connectivity index (χ3n) is 6.14. The molecule has 0 unspecified atom stereocenters. The van der Waals surface area contributed by atoms with Crippen molar-refractivity contribution in [1.82, 2.24) is 18.9 Å². The summed E-state index contributed by atoms with van der Waals surface area (Å²) >= 11 is 0. The standard InChI is InChI=1S/C28H26N6O3/c1-19-12-13-23-30-22(14-24(35)33(23)15-19)18-32(16-20-8-4-2-5-9-20)25-26(29)34(28(37)31-27(25)36)17-21-10-6-3-7-11-21/h2-15H,16-18,29H2,1H3,(H,31,36,37). The molecular weight excluding hydrogens is 468 g/mol. The zero-order valence-electron chi connectivity index (χ0n) is 20.3. The van der Waals surface area contributed by atoms with E-state index in [4.69, 9.17) is 5.73 Å². The van der Waals surface area contributed by atoms with Crippen LogP contribution in [0.3, 0.4) is 0 Å². The summed E-state index contributed by atoms with van der Waals surface area (Å²) in [5.41, 5.74) is 8.93. The average Bonchev–Trinajstić information content (AvgIpc) is 2.88. The number of nitrogens with two attached hydrogens (primary N) is 1. The number of hydrogen-bond acceptors (Lipinski definition) is 6. The highest BCUT2D eigenvalue weighted by molar-refractivity contribution is 5.63. The van der Waals surface area contributed by atoms with Gasteiger partial charge in [-0.2, -0.15) is 0 Å². The van der Waals surface area contributed by atoms with Gasteiger partial charge in [0.2, 0.25) is 0 Å². The van der Waals surface area contributed by atoms with Crippen molar-refractivity contribution >= 4 is 17.2 Å². The molecule has 5 aromatic rings. The van der Waals surface area contributed by atoms with Crippen LogP contribution in [0.2, 0.25) is 0 Å². The lowest BCUT2D eigenvalue weighted by molar-refractivity contribution is 0.708. The first-order valence-corrected chi connectivity index (χ1v) is 11.8. The molecular formula is C28H26N6O3. The van der Waals surface area contributed by atoms with Gasteiger partial charge < -0.3 is 10.6 Å². The molecule has 2 aromatic carbocycles. The van der Waals surface area contributed by atoms with Crippen LogP contribution in [0.15, 0.2) is 99.4 Å². The lowest BCUT2D eigenvalue weighted by atomic mass is 10.2. The summed E-state index contributed by atoms with van der Waals surface area (Å²) in [6.45, 7) is 2.54. The summed E-state index contributed by atoms with van der Waals surface area (Å²) in [6, 6.07) is 24.1. The smallest absolute Gasteiger partial charge is 0.330 e. The molecule has 0 aliphatic carbocycles. The normalized spacial score (nSPS) is 11.1. The molecule has 186 valence electrons. The van der Waals surface area contributed by atoms with Crippen LogP contribution in [0.5, 0.6) is 0 Å². The summed E-state index contributed by atoms with van der Waals surface area (Å²) in [7, 11) is 0. The molecule has 0 bridgehead atoms. The van der Waals surface area contributed by atoms with E-state index in [1.807, 2.05) is 73.7 Å². The van der Waals surface area contributed by atoms with E-state index < -0.39 is 11.2 Å². The Bertz CT molecular complexity index is 1740. The minimum Gasteiger partial charge on any atom is -0.383 e. The van der Waals surface area contributed by atoms with Crippen LogP contribution >= 0.6 is 0 Å². The summed E-state index contributed by atoms with van der Waals surface area (Å²) < 4.78 is 2.83. The molecule has 0 aliphatic rings. The maximum Gasteiger partial charge on any atom is 0.330 e. The molecule has 37 heavy (non-hydrogen) atoms. The third kappa shape index (κ3) is 5.06. The van der Waals surface area contributed by atoms with Crippen molar-refractivity contribution in [2.45, 2.75) is 26.6 Å². The first kappa shape index (κ1) is 23.8. The number of nitrogens with zero attached hydrogens (tertiary/aromatic N) is 4. The first-order chi connectivity index (χ1) is 17.9. The van der Waals surface area contributed by atoms with E-state index in [0.29, 0.717) is 17.9 Å². The molecule has 0 fully saturated rings. The maximum absolute atomic E-state index is 13.1. The fourth-order valence-electron chi connectivity index (χ4n) is 4.36. The topological polar surface area (TPSA) is 118 Å². The highest BCUT2D eigenvalue weighted by Crippen LogP contribution is 2.22. The van der Waals surface area contributed by atoms with Crippen LogP contribution < -0.4 is 27.4 Å². The van der Waals surface area contributed by atoms with Crippen molar-refractivity contribution in [3.8, 4) is 0 Å². The van der Waals surface area contributed by atoms with E-state index in [1.54, 1.807) is 17.2 Å². The molecule has 0 saturated carbocycles. The van der Waals surface area contributed by atoms with Gasteiger partial charge in [0.25, 0.3) is 11.1 Å². The highest BCUT2D eigenvalue weighted by atomic mass is 16.2. The van der Waals surface area contributed by atoms with E-state index in [0.717, 1.165) is 16.7 Å². The molecule has 0 atom stereocenters. The monoisotopic (exact) mass is 494 g/mol. The largest absolute Gasteiger partial charge is 0.383 e. The number of aryl methyl sites for hydroxylation is 1. The molecule has 3 heterocycles. The second-order valence-electron chi connectivity index (χ2n) is 8.93. The first-order valence-electron chi connectivity index (χ1n) is 11.8. The fourth-order valence-corrected chi connectivity index (χ4v) is 4.36. The number of benzene rings is 2. The molecule has 0 saturated heterocycles. The van der Waals surface area contributed by atoms with Crippen molar-refractivity contribution < 1.29 is 0 Å². The van der Waals surface area contributed by atoms with Crippen molar-refractivity contribution in [3.05, 3.63) is 139 Å². The van der Waals surface area contributed by atoms with Crippen molar-refractivity contribution in [2.75, 3.05) is 10.6 Å². The zero-order valence-corrected chi connectivity index (χ0v) is 20.3. The average molecular weight is 495 g/mol. The van der Waals surface area contributed by atoms with Gasteiger partial charge in [0, 0.05) is 18.8 Å². The Morgan fingerprint density at radius 2 is 1.57 bits per heavy atom. The van der Waals surface area contributed by atoms with Gasteiger partial charge in [-0.1, -0.05) is 66.7 Å². The molecule has 3 aromatic heterocycles. The Morgan fingerprint density at radius 3 is 2.27 bits per heavy atom. The van der Waals surface area contributed by atoms with Crippen LogP contribution in [-0.4, -0.2) is 18.9 Å². The van der Waals surface area contributed by atoms with Crippen LogP contribution in [0.25, 0.3) is 5.65 Å². The third-order valence-corrected chi connectivity index (χ3v) is 6.14. The number of anilines is 2. The van der Waals surface area contributed by atoms with Gasteiger partial charge in [0.15, 0.2) is 0 Å². The van der Waals surface area contributed by atoms with E-state index >= 15 is 0 Å². The maximum atomic E-state index is 13.1. The summed E-state index contributed by atoms with van der Waals surface area (Å²) in [5, 5.41) is 0. The Hall–Kier alpha value is -4.92. The second kappa shape index (κ2) is 9.98. The van der Waals surface area contributed by atoms with Gasteiger partial charge in [-0.15, -0.1) is 0 Å². The Balaban J connectivity index is 1.61. The minimum atomic E-state index is -0.601. The summed E-state index contributed by atoms with van der Waals surface area (Å²) in [6.07, 6.45) is 1.73. The van der Waals surface area contributed by atoms with E-state index in [1.165, 1.54) is 15.0 Å². The summed E-state index contributed by atoms with van der Waals surface area (Å²) in [5.74, 6) is 0.0432. The number of aromatic nitrogens is 4. The van der Waals surface area contributed by atoms with Crippen molar-refractivity contribution in [1.29, 1.82) is 0 Å². The molecule has 0 radical (unpaired) electrons. The van der Waals surface area contributed by atoms with Crippen LogP contribution in [-0.2, 0) is 19.6 Å². The van der Waals surface area contributed by atoms with Gasteiger partial charge in [-0.25, -0.2) is 9.78 Å². The van der Waals surface area contributed by atoms with E-state index in [9.17, 15) is 14.4 Å². The Kier molecular flexibility index (Phi) is 6.42. The number of nitrogen functional groups attached to an aromatic ring is 1. The van der Waals surface area contributed by atoms with Gasteiger partial charge >= 0.3 is 5.69 Å². The Labute approximate surface area is 212 Å². The van der Waals surface area contributed by atoms with Gasteiger partial charge in [0.1, 0.15) is 17.2 Å². The van der Waals surface area contributed by atoms with Crippen LogP contribution in [0.4, 0.5) is 11.5 Å². The lowest BCUT2D eigenvalue weighted by Gasteiger charge is -2.26. The van der Waals surface area contributed by atoms with Crippen LogP contribution in [0, 0.1) is 6.92 Å². The van der Waals surface area contributed by atoms with E-state index in [2.05, 4.69) is 9.97 Å². The summed E-state index contributed by atoms with van der Waals surface area (Å²) in [4.78, 5) is 47.5. The van der Waals surface area contributed by atoms with Gasteiger partial charge in [-0.05, 0) is 29.7 Å². The SMILES string of the molecule is Cc1ccc2nc(CN(Cc3ccccc3)c3c(N)n(Cc4ccccc4)c(=O)[nH]c3=O)cc(=O)n2c1. The number of rotatable bonds is 7. The number of aromatic amines is 1. The highest BCUT2D eigenvalue weighted by Gasteiger charge is 2.21. The minimum absolute atomic E-state index is 0.0432. The van der Waals surface area contributed by atoms with Crippen LogP contribution in [0.1, 0.15) is 22.4 Å². The number of H-pyrrole nitrogens is 1. The molecule has 3 N–H and O–H groups in total. The Morgan fingerprint density at radius 1 is 0.892 bits per heavy atom. The number of hydrogen-bond donors (Lipinski definition) is 2. The molecule has 0 aliphatic heterocycles. The molecule has 5 rings (SSSR count). The molecule has 0 spiro atoms. The lowest BCUT2D eigenvalue weighted by Crippen LogP contribution is -2.38. The quantitative estimate of drug-likeness (QED) is 0.359. The molecule has 9 nitrogen and oxygen atoms in total. The van der Waals surface area contributed by atoms with Gasteiger partial charge in [-0.3, -0.25) is 23.5 Å². The molecule has 0 amide bonds. The van der Waals surface area contributed by atoms with Crippen molar-refractivity contribution in [2.24, 2.45) is 0 Å². The number of nitrogens with one attached hydrogen (secondary N) is 1. The molecule has 9 heteroatoms. The predicted octanol–water partition coefficient (Wildman–Crippen LogP) is 2.69. The van der Waals surface area contributed by atoms with Gasteiger partial charge in [0.05, 0.1) is 18.8 Å². The fraction of sp³-hybridized carbons (Fsp3) is 0.143. The second-order valence-corrected chi connectivity index (χ2v) is 8.93.